The van der Waals surface area contributed by atoms with Crippen LogP contribution in [0.3, 0.4) is 0 Å². The summed E-state index contributed by atoms with van der Waals surface area (Å²) >= 11 is 6.55. The Bertz CT molecular complexity index is 1580. The number of aliphatic hydroxyl groups is 1. The number of carbonyl (C=O) groups excluding carboxylic acids is 4. The predicted octanol–water partition coefficient (Wildman–Crippen LogP) is 3.36. The van der Waals surface area contributed by atoms with E-state index in [0.717, 1.165) is 0 Å². The van der Waals surface area contributed by atoms with Crippen molar-refractivity contribution in [3.63, 3.8) is 0 Å². The molecule has 0 aliphatic carbocycles. The Morgan fingerprint density at radius 2 is 1.79 bits per heavy atom. The summed E-state index contributed by atoms with van der Waals surface area (Å²) in [5.74, 6) is -3.90. The minimum Gasteiger partial charge on any atom is -0.455 e. The lowest BCUT2D eigenvalue weighted by Gasteiger charge is -2.35. The molecule has 3 amide bonds. The number of unbranched alkanes of at least 4 members (excludes halogenated alkanes) is 1. The van der Waals surface area contributed by atoms with Crippen LogP contribution in [0.4, 0.5) is 5.69 Å². The maximum Gasteiger partial charge on any atom is 0.313 e. The summed E-state index contributed by atoms with van der Waals surface area (Å²) in [5, 5.41) is 12.9. The van der Waals surface area contributed by atoms with Crippen molar-refractivity contribution in [2.45, 2.75) is 55.6 Å². The standard InChI is InChI=1S/C36H40ClN3O8/c1-46-22-25-31(23-12-3-2-4-13-23)47-35(45)29-27(16-7-8-17-28(42)38-25)48-36-18-11-20-39(26-15-6-5-14-24(26)37)34(44)32(36)40(19-9-10-21-41)33(43)30(29)36/h2-7,11-16,18,25,27,29-32,41H,8-10,17,19-22H2,1H3,(H,38,42)/b16-7-/t25-,27-,29+,30+,31-,32-,36+/m0/s1. The Kier molecular flexibility index (Phi) is 10.3. The summed E-state index contributed by atoms with van der Waals surface area (Å²) in [6.07, 6.45) is 6.55. The van der Waals surface area contributed by atoms with Crippen LogP contribution in [0.1, 0.15) is 37.4 Å². The van der Waals surface area contributed by atoms with Gasteiger partial charge in [0, 0.05) is 33.2 Å². The molecule has 2 saturated heterocycles. The molecule has 2 fully saturated rings. The van der Waals surface area contributed by atoms with Crippen LogP contribution in [0, 0.1) is 11.8 Å². The number of fused-ring (bicyclic) bond motifs is 2. The van der Waals surface area contributed by atoms with Gasteiger partial charge in [0.15, 0.2) is 0 Å². The van der Waals surface area contributed by atoms with Gasteiger partial charge >= 0.3 is 5.97 Å². The quantitative estimate of drug-likeness (QED) is 0.247. The highest BCUT2D eigenvalue weighted by molar-refractivity contribution is 6.34. The number of halogens is 1. The Hall–Kier alpha value is -4.03. The summed E-state index contributed by atoms with van der Waals surface area (Å²) in [6.45, 7) is 0.354. The van der Waals surface area contributed by atoms with Crippen molar-refractivity contribution in [2.24, 2.45) is 11.8 Å². The van der Waals surface area contributed by atoms with Gasteiger partial charge in [-0.3, -0.25) is 19.2 Å². The average molecular weight is 678 g/mol. The van der Waals surface area contributed by atoms with Gasteiger partial charge in [-0.05, 0) is 37.0 Å². The second-order valence-corrected chi connectivity index (χ2v) is 12.9. The molecule has 4 aliphatic rings. The molecule has 4 aliphatic heterocycles. The number of esters is 1. The number of carbonyl (C=O) groups is 4. The van der Waals surface area contributed by atoms with E-state index >= 15 is 0 Å². The summed E-state index contributed by atoms with van der Waals surface area (Å²) in [7, 11) is 1.50. The van der Waals surface area contributed by atoms with Crippen molar-refractivity contribution in [3.8, 4) is 0 Å². The lowest BCUT2D eigenvalue weighted by Crippen LogP contribution is -2.55. The second-order valence-electron chi connectivity index (χ2n) is 12.5. The van der Waals surface area contributed by atoms with Gasteiger partial charge in [-0.2, -0.15) is 0 Å². The van der Waals surface area contributed by atoms with Gasteiger partial charge in [-0.1, -0.05) is 78.4 Å². The average Bonchev–Trinajstić information content (AvgIpc) is 3.46. The van der Waals surface area contributed by atoms with E-state index in [0.29, 0.717) is 35.5 Å². The van der Waals surface area contributed by atoms with Gasteiger partial charge in [0.25, 0.3) is 5.91 Å². The number of benzene rings is 2. The van der Waals surface area contributed by atoms with Crippen molar-refractivity contribution in [1.82, 2.24) is 10.2 Å². The molecule has 4 heterocycles. The normalized spacial score (nSPS) is 31.1. The molecule has 0 unspecified atom stereocenters. The molecule has 12 heteroatoms. The number of hydrogen-bond donors (Lipinski definition) is 2. The van der Waals surface area contributed by atoms with E-state index in [4.69, 9.17) is 25.8 Å². The third-order valence-corrected chi connectivity index (χ3v) is 9.83. The van der Waals surface area contributed by atoms with E-state index < -0.39 is 53.6 Å². The predicted molar refractivity (Wildman–Crippen MR) is 177 cm³/mol. The Labute approximate surface area is 284 Å². The monoisotopic (exact) mass is 677 g/mol. The number of allylic oxidation sites excluding steroid dienone is 1. The Morgan fingerprint density at radius 1 is 1.02 bits per heavy atom. The molecule has 0 bridgehead atoms. The van der Waals surface area contributed by atoms with E-state index in [-0.39, 0.29) is 44.5 Å². The molecule has 0 saturated carbocycles. The van der Waals surface area contributed by atoms with Crippen LogP contribution in [0.15, 0.2) is 78.9 Å². The molecule has 254 valence electrons. The van der Waals surface area contributed by atoms with Crippen molar-refractivity contribution in [1.29, 1.82) is 0 Å². The third kappa shape index (κ3) is 6.27. The number of hydrogen-bond acceptors (Lipinski definition) is 8. The first-order valence-corrected chi connectivity index (χ1v) is 16.7. The number of methoxy groups -OCH3 is 1. The highest BCUT2D eigenvalue weighted by Crippen LogP contribution is 2.53. The number of cyclic esters (lactones) is 1. The topological polar surface area (TPSA) is 135 Å². The third-order valence-electron chi connectivity index (χ3n) is 9.51. The zero-order valence-electron chi connectivity index (χ0n) is 26.7. The van der Waals surface area contributed by atoms with Crippen molar-refractivity contribution in [2.75, 3.05) is 38.3 Å². The van der Waals surface area contributed by atoms with Gasteiger partial charge in [-0.25, -0.2) is 0 Å². The van der Waals surface area contributed by atoms with E-state index in [1.807, 2.05) is 18.2 Å². The molecule has 0 radical (unpaired) electrons. The largest absolute Gasteiger partial charge is 0.455 e. The molecule has 2 N–H and O–H groups in total. The molecular formula is C36H40ClN3O8. The van der Waals surface area contributed by atoms with Gasteiger partial charge in [-0.15, -0.1) is 0 Å². The number of amides is 3. The number of rotatable bonds is 8. The zero-order valence-corrected chi connectivity index (χ0v) is 27.5. The smallest absolute Gasteiger partial charge is 0.313 e. The zero-order chi connectivity index (χ0) is 33.8. The molecule has 2 aromatic carbocycles. The number of para-hydroxylation sites is 1. The van der Waals surface area contributed by atoms with E-state index in [1.54, 1.807) is 60.7 Å². The Balaban J connectivity index is 1.44. The highest BCUT2D eigenvalue weighted by Gasteiger charge is 2.71. The van der Waals surface area contributed by atoms with Crippen molar-refractivity contribution < 1.29 is 38.5 Å². The summed E-state index contributed by atoms with van der Waals surface area (Å²) in [6, 6.07) is 14.2. The van der Waals surface area contributed by atoms with Crippen LogP contribution in [0.2, 0.25) is 5.02 Å². The number of aliphatic hydroxyl groups excluding tert-OH is 1. The molecule has 2 aromatic rings. The van der Waals surface area contributed by atoms with Gasteiger partial charge in [0.1, 0.15) is 23.7 Å². The minimum absolute atomic E-state index is 0.0702. The summed E-state index contributed by atoms with van der Waals surface area (Å²) < 4.78 is 18.5. The first-order valence-electron chi connectivity index (χ1n) is 16.3. The fourth-order valence-corrected chi connectivity index (χ4v) is 7.65. The lowest BCUT2D eigenvalue weighted by molar-refractivity contribution is -0.162. The number of ether oxygens (including phenoxy) is 3. The van der Waals surface area contributed by atoms with Crippen LogP contribution < -0.4 is 10.2 Å². The maximum atomic E-state index is 14.6. The fourth-order valence-electron chi connectivity index (χ4n) is 7.41. The van der Waals surface area contributed by atoms with Crippen LogP contribution >= 0.6 is 11.6 Å². The molecule has 0 aromatic heterocycles. The molecule has 7 atom stereocenters. The second kappa shape index (κ2) is 14.6. The van der Waals surface area contributed by atoms with Crippen molar-refractivity contribution in [3.05, 3.63) is 89.5 Å². The molecule has 6 rings (SSSR count). The first-order chi connectivity index (χ1) is 23.3. The van der Waals surface area contributed by atoms with Crippen molar-refractivity contribution >= 4 is 41.0 Å². The summed E-state index contributed by atoms with van der Waals surface area (Å²) in [4.78, 5) is 59.7. The molecule has 48 heavy (non-hydrogen) atoms. The number of nitrogens with one attached hydrogen (secondary N) is 1. The molecule has 11 nitrogen and oxygen atoms in total. The van der Waals surface area contributed by atoms with Crippen LogP contribution in [-0.2, 0) is 33.4 Å². The van der Waals surface area contributed by atoms with Gasteiger partial charge in [0.2, 0.25) is 11.8 Å². The highest BCUT2D eigenvalue weighted by atomic mass is 35.5. The lowest BCUT2D eigenvalue weighted by atomic mass is 9.77. The van der Waals surface area contributed by atoms with Gasteiger partial charge < -0.3 is 34.4 Å². The fraction of sp³-hybridized carbons (Fsp3) is 0.444. The van der Waals surface area contributed by atoms with E-state index in [1.165, 1.54) is 16.9 Å². The van der Waals surface area contributed by atoms with E-state index in [2.05, 4.69) is 5.32 Å². The van der Waals surface area contributed by atoms with Crippen LogP contribution in [0.5, 0.6) is 0 Å². The Morgan fingerprint density at radius 3 is 2.54 bits per heavy atom. The van der Waals surface area contributed by atoms with Crippen LogP contribution in [-0.4, -0.2) is 90.9 Å². The number of nitrogens with zero attached hydrogens (tertiary/aromatic N) is 2. The maximum absolute atomic E-state index is 14.6. The first kappa shape index (κ1) is 33.9. The molecule has 1 spiro atoms. The minimum atomic E-state index is -1.50. The van der Waals surface area contributed by atoms with Crippen LogP contribution in [0.25, 0.3) is 0 Å². The number of likely N-dealkylation sites (tertiary alicyclic amines) is 1. The summed E-state index contributed by atoms with van der Waals surface area (Å²) in [5.41, 5.74) is -0.357. The van der Waals surface area contributed by atoms with Gasteiger partial charge in [0.05, 0.1) is 35.4 Å². The SMILES string of the molecule is COC[C@@H]1NC(=O)CC/C=C\[C@@H]2O[C@@]34C=CCN(c5ccccc5Cl)C(=O)[C@@H]3N(CCCCO)C(=O)[C@H]4[C@@H]2C(=O)O[C@H]1c1ccccc1. The number of anilines is 1. The molecular weight excluding hydrogens is 638 g/mol. The van der Waals surface area contributed by atoms with E-state index in [9.17, 15) is 24.3 Å².